The molecule has 0 saturated heterocycles. The highest BCUT2D eigenvalue weighted by molar-refractivity contribution is 7.90. The molecule has 0 spiro atoms. The number of hydrogen-bond donors (Lipinski definition) is 1. The van der Waals surface area contributed by atoms with Crippen molar-refractivity contribution >= 4 is 21.4 Å². The minimum absolute atomic E-state index is 0.00314. The number of amides is 1. The first-order chi connectivity index (χ1) is 11.7. The summed E-state index contributed by atoms with van der Waals surface area (Å²) in [5, 5.41) is 2.49. The molecule has 0 radical (unpaired) electrons. The van der Waals surface area contributed by atoms with Crippen molar-refractivity contribution in [2.45, 2.75) is 11.5 Å². The zero-order valence-electron chi connectivity index (χ0n) is 13.3. The zero-order valence-corrected chi connectivity index (χ0v) is 14.1. The molecule has 0 heterocycles. The summed E-state index contributed by atoms with van der Waals surface area (Å²) in [4.78, 5) is 12.3. The lowest BCUT2D eigenvalue weighted by Gasteiger charge is -2.12. The minimum atomic E-state index is -3.46. The summed E-state index contributed by atoms with van der Waals surface area (Å²) in [6, 6.07) is 9.45. The molecule has 0 unspecified atom stereocenters. The molecule has 0 aromatic heterocycles. The third kappa shape index (κ3) is 4.90. The molecule has 1 amide bonds. The van der Waals surface area contributed by atoms with Gasteiger partial charge in [-0.05, 0) is 30.3 Å². The Morgan fingerprint density at radius 2 is 1.84 bits per heavy atom. The molecular weight excluding hydrogens is 356 g/mol. The third-order valence-corrected chi connectivity index (χ3v) is 4.27. The van der Waals surface area contributed by atoms with E-state index in [2.05, 4.69) is 10.1 Å². The van der Waals surface area contributed by atoms with Gasteiger partial charge < -0.3 is 14.8 Å². The first-order valence-electron chi connectivity index (χ1n) is 6.95. The van der Waals surface area contributed by atoms with E-state index in [-0.39, 0.29) is 27.6 Å². The van der Waals surface area contributed by atoms with Gasteiger partial charge in [0, 0.05) is 23.6 Å². The van der Waals surface area contributed by atoms with Crippen LogP contribution >= 0.6 is 0 Å². The monoisotopic (exact) mass is 371 g/mol. The van der Waals surface area contributed by atoms with E-state index in [0.29, 0.717) is 0 Å². The van der Waals surface area contributed by atoms with Crippen LogP contribution < -0.4 is 14.8 Å². The van der Waals surface area contributed by atoms with Crippen LogP contribution in [0, 0.1) is 0 Å². The number of carbonyl (C=O) groups is 1. The standard InChI is InChI=1S/C16H15F2NO5S/c1-23-13-7-6-11(9-14(13)24-16(17)18)19-15(20)10-4-3-5-12(8-10)25(2,21)22/h3-9,16H,1-2H3,(H,19,20). The summed E-state index contributed by atoms with van der Waals surface area (Å²) < 4.78 is 57.2. The quantitative estimate of drug-likeness (QED) is 0.844. The maximum Gasteiger partial charge on any atom is 0.387 e. The van der Waals surface area contributed by atoms with Crippen molar-refractivity contribution < 1.29 is 31.5 Å². The van der Waals surface area contributed by atoms with Crippen LogP contribution in [0.1, 0.15) is 10.4 Å². The normalized spacial score (nSPS) is 11.2. The molecular formula is C16H15F2NO5S. The highest BCUT2D eigenvalue weighted by Gasteiger charge is 2.15. The zero-order chi connectivity index (χ0) is 18.6. The minimum Gasteiger partial charge on any atom is -0.493 e. The SMILES string of the molecule is COc1ccc(NC(=O)c2cccc(S(C)(=O)=O)c2)cc1OC(F)F. The molecule has 2 aromatic rings. The van der Waals surface area contributed by atoms with Crippen molar-refractivity contribution in [1.82, 2.24) is 0 Å². The van der Waals surface area contributed by atoms with E-state index in [4.69, 9.17) is 4.74 Å². The highest BCUT2D eigenvalue weighted by atomic mass is 32.2. The number of alkyl halides is 2. The Morgan fingerprint density at radius 3 is 2.44 bits per heavy atom. The van der Waals surface area contributed by atoms with Crippen molar-refractivity contribution in [3.05, 3.63) is 48.0 Å². The molecule has 134 valence electrons. The summed E-state index contributed by atoms with van der Waals surface area (Å²) in [5.41, 5.74) is 0.293. The van der Waals surface area contributed by atoms with E-state index in [1.54, 1.807) is 0 Å². The van der Waals surface area contributed by atoms with E-state index in [1.165, 1.54) is 49.6 Å². The van der Waals surface area contributed by atoms with E-state index in [1.807, 2.05) is 0 Å². The second-order valence-electron chi connectivity index (χ2n) is 5.00. The van der Waals surface area contributed by atoms with Crippen LogP contribution in [0.15, 0.2) is 47.4 Å². The Bertz CT molecular complexity index is 884. The summed E-state index contributed by atoms with van der Waals surface area (Å²) in [5.74, 6) is -0.753. The lowest BCUT2D eigenvalue weighted by atomic mass is 10.2. The molecule has 0 fully saturated rings. The van der Waals surface area contributed by atoms with Crippen molar-refractivity contribution in [1.29, 1.82) is 0 Å². The van der Waals surface area contributed by atoms with E-state index < -0.39 is 22.4 Å². The van der Waals surface area contributed by atoms with Crippen LogP contribution in [0.4, 0.5) is 14.5 Å². The van der Waals surface area contributed by atoms with Gasteiger partial charge in [-0.2, -0.15) is 8.78 Å². The second kappa shape index (κ2) is 7.47. The molecule has 0 aliphatic heterocycles. The number of anilines is 1. The van der Waals surface area contributed by atoms with Crippen molar-refractivity contribution in [3.63, 3.8) is 0 Å². The number of halogens is 2. The number of methoxy groups -OCH3 is 1. The van der Waals surface area contributed by atoms with Crippen LogP contribution in [-0.2, 0) is 9.84 Å². The van der Waals surface area contributed by atoms with Crippen LogP contribution in [0.3, 0.4) is 0 Å². The Labute approximate surface area is 143 Å². The number of nitrogens with one attached hydrogen (secondary N) is 1. The Morgan fingerprint density at radius 1 is 1.12 bits per heavy atom. The first-order valence-corrected chi connectivity index (χ1v) is 8.84. The largest absolute Gasteiger partial charge is 0.493 e. The third-order valence-electron chi connectivity index (χ3n) is 3.16. The fourth-order valence-corrected chi connectivity index (χ4v) is 2.68. The smallest absolute Gasteiger partial charge is 0.387 e. The molecule has 9 heteroatoms. The van der Waals surface area contributed by atoms with Crippen LogP contribution in [-0.4, -0.2) is 34.3 Å². The van der Waals surface area contributed by atoms with Gasteiger partial charge in [0.1, 0.15) is 0 Å². The number of rotatable bonds is 6. The Hall–Kier alpha value is -2.68. The maximum absolute atomic E-state index is 12.4. The molecule has 25 heavy (non-hydrogen) atoms. The van der Waals surface area contributed by atoms with Gasteiger partial charge >= 0.3 is 6.61 Å². The molecule has 1 N–H and O–H groups in total. The lowest BCUT2D eigenvalue weighted by molar-refractivity contribution is -0.0511. The molecule has 2 aromatic carbocycles. The van der Waals surface area contributed by atoms with Gasteiger partial charge in [-0.3, -0.25) is 4.79 Å². The van der Waals surface area contributed by atoms with Gasteiger partial charge in [-0.15, -0.1) is 0 Å². The molecule has 2 rings (SSSR count). The van der Waals surface area contributed by atoms with Crippen molar-refractivity contribution in [3.8, 4) is 11.5 Å². The van der Waals surface area contributed by atoms with E-state index >= 15 is 0 Å². The van der Waals surface area contributed by atoms with Gasteiger partial charge in [0.15, 0.2) is 21.3 Å². The van der Waals surface area contributed by atoms with Gasteiger partial charge in [0.05, 0.1) is 12.0 Å². The summed E-state index contributed by atoms with van der Waals surface area (Å²) in [6.07, 6.45) is 1.03. The van der Waals surface area contributed by atoms with Gasteiger partial charge in [0.2, 0.25) is 0 Å². The predicted molar refractivity (Wildman–Crippen MR) is 87.1 cm³/mol. The van der Waals surface area contributed by atoms with Gasteiger partial charge in [-0.1, -0.05) is 6.07 Å². The summed E-state index contributed by atoms with van der Waals surface area (Å²) in [7, 11) is -2.17. The maximum atomic E-state index is 12.4. The summed E-state index contributed by atoms with van der Waals surface area (Å²) in [6.45, 7) is -3.05. The van der Waals surface area contributed by atoms with Crippen LogP contribution in [0.25, 0.3) is 0 Å². The second-order valence-corrected chi connectivity index (χ2v) is 7.01. The topological polar surface area (TPSA) is 81.7 Å². The highest BCUT2D eigenvalue weighted by Crippen LogP contribution is 2.31. The average molecular weight is 371 g/mol. The Kier molecular flexibility index (Phi) is 5.58. The molecule has 0 atom stereocenters. The molecule has 6 nitrogen and oxygen atoms in total. The van der Waals surface area contributed by atoms with E-state index in [9.17, 15) is 22.0 Å². The van der Waals surface area contributed by atoms with Gasteiger partial charge in [0.25, 0.3) is 5.91 Å². The number of hydrogen-bond acceptors (Lipinski definition) is 5. The molecule has 0 bridgehead atoms. The number of benzene rings is 2. The number of carbonyl (C=O) groups excluding carboxylic acids is 1. The fraction of sp³-hybridized carbons (Fsp3) is 0.188. The van der Waals surface area contributed by atoms with Crippen molar-refractivity contribution in [2.75, 3.05) is 18.7 Å². The number of sulfone groups is 1. The first kappa shape index (κ1) is 18.7. The van der Waals surface area contributed by atoms with E-state index in [0.717, 1.165) is 6.26 Å². The number of ether oxygens (including phenoxy) is 2. The average Bonchev–Trinajstić information content (AvgIpc) is 2.54. The lowest BCUT2D eigenvalue weighted by Crippen LogP contribution is -2.13. The summed E-state index contributed by atoms with van der Waals surface area (Å²) >= 11 is 0. The van der Waals surface area contributed by atoms with Crippen LogP contribution in [0.5, 0.6) is 11.5 Å². The van der Waals surface area contributed by atoms with Crippen molar-refractivity contribution in [2.24, 2.45) is 0 Å². The fourth-order valence-electron chi connectivity index (χ4n) is 2.01. The molecule has 0 aliphatic rings. The molecule has 0 aliphatic carbocycles. The van der Waals surface area contributed by atoms with Crippen LogP contribution in [0.2, 0.25) is 0 Å². The van der Waals surface area contributed by atoms with Gasteiger partial charge in [-0.25, -0.2) is 8.42 Å². The molecule has 0 saturated carbocycles. The Balaban J connectivity index is 2.26. The predicted octanol–water partition coefficient (Wildman–Crippen LogP) is 2.95.